The van der Waals surface area contributed by atoms with Crippen molar-refractivity contribution in [3.8, 4) is 0 Å². The van der Waals surface area contributed by atoms with Gasteiger partial charge in [-0.1, -0.05) is 46.5 Å². The molecule has 20 heavy (non-hydrogen) atoms. The van der Waals surface area contributed by atoms with E-state index in [-0.39, 0.29) is 0 Å². The first-order valence-electron chi connectivity index (χ1n) is 9.07. The van der Waals surface area contributed by atoms with Gasteiger partial charge in [-0.15, -0.1) is 0 Å². The lowest BCUT2D eigenvalue weighted by Crippen LogP contribution is -2.66. The lowest BCUT2D eigenvalue weighted by atomic mass is 9.78. The minimum atomic E-state index is 0.452. The summed E-state index contributed by atoms with van der Waals surface area (Å²) in [6.07, 6.45) is 11.1. The van der Waals surface area contributed by atoms with Crippen molar-refractivity contribution in [1.29, 1.82) is 0 Å². The van der Waals surface area contributed by atoms with Crippen LogP contribution in [0.4, 0.5) is 0 Å². The maximum absolute atomic E-state index is 3.98. The van der Waals surface area contributed by atoms with E-state index >= 15 is 0 Å². The first-order valence-corrected chi connectivity index (χ1v) is 9.07. The Morgan fingerprint density at radius 1 is 1.15 bits per heavy atom. The van der Waals surface area contributed by atoms with Crippen molar-refractivity contribution in [1.82, 2.24) is 10.2 Å². The highest BCUT2D eigenvalue weighted by Crippen LogP contribution is 2.34. The minimum Gasteiger partial charge on any atom is -0.308 e. The summed E-state index contributed by atoms with van der Waals surface area (Å²) in [6, 6.07) is 1.51. The number of nitrogens with one attached hydrogen (secondary N) is 1. The molecule has 2 fully saturated rings. The largest absolute Gasteiger partial charge is 0.308 e. The second-order valence-corrected chi connectivity index (χ2v) is 7.82. The molecule has 1 saturated heterocycles. The van der Waals surface area contributed by atoms with Crippen LogP contribution in [-0.2, 0) is 0 Å². The van der Waals surface area contributed by atoms with Gasteiger partial charge in [-0.05, 0) is 38.5 Å². The Morgan fingerprint density at radius 3 is 2.45 bits per heavy atom. The van der Waals surface area contributed by atoms with E-state index in [2.05, 4.69) is 37.9 Å². The zero-order valence-electron chi connectivity index (χ0n) is 14.3. The number of rotatable bonds is 5. The predicted molar refractivity (Wildman–Crippen MR) is 88.1 cm³/mol. The third-order valence-electron chi connectivity index (χ3n) is 5.49. The van der Waals surface area contributed by atoms with Crippen molar-refractivity contribution in [3.05, 3.63) is 0 Å². The summed E-state index contributed by atoms with van der Waals surface area (Å²) in [5, 5.41) is 3.98. The summed E-state index contributed by atoms with van der Waals surface area (Å²) in [5.74, 6) is 0.804. The molecule has 2 rings (SSSR count). The molecule has 1 saturated carbocycles. The van der Waals surface area contributed by atoms with Crippen LogP contribution in [0.5, 0.6) is 0 Å². The fourth-order valence-corrected chi connectivity index (χ4v) is 4.41. The Hall–Kier alpha value is -0.0800. The molecule has 2 atom stereocenters. The smallest absolute Gasteiger partial charge is 0.0309 e. The number of piperazine rings is 1. The second-order valence-electron chi connectivity index (χ2n) is 7.82. The van der Waals surface area contributed by atoms with E-state index in [1.54, 1.807) is 0 Å². The van der Waals surface area contributed by atoms with Crippen LogP contribution < -0.4 is 5.32 Å². The Labute approximate surface area is 126 Å². The SMILES string of the molecule is CCCC(C)N1CC2(CCCCC2)NCC1CC(C)C. The molecule has 2 heteroatoms. The summed E-state index contributed by atoms with van der Waals surface area (Å²) >= 11 is 0. The topological polar surface area (TPSA) is 15.3 Å². The van der Waals surface area contributed by atoms with Crippen LogP contribution >= 0.6 is 0 Å². The second kappa shape index (κ2) is 7.26. The molecular weight excluding hydrogens is 244 g/mol. The zero-order chi connectivity index (χ0) is 14.6. The molecule has 0 amide bonds. The standard InChI is InChI=1S/C18H36N2/c1-5-9-16(4)20-14-18(10-7-6-8-11-18)19-13-17(20)12-15(2)3/h15-17,19H,5-14H2,1-4H3. The molecule has 118 valence electrons. The molecule has 0 bridgehead atoms. The summed E-state index contributed by atoms with van der Waals surface area (Å²) in [4.78, 5) is 2.87. The van der Waals surface area contributed by atoms with Crippen molar-refractivity contribution in [2.24, 2.45) is 5.92 Å². The van der Waals surface area contributed by atoms with Crippen molar-refractivity contribution in [2.75, 3.05) is 13.1 Å². The van der Waals surface area contributed by atoms with Crippen molar-refractivity contribution in [2.45, 2.75) is 96.7 Å². The van der Waals surface area contributed by atoms with E-state index in [0.29, 0.717) is 5.54 Å². The molecule has 1 N–H and O–H groups in total. The van der Waals surface area contributed by atoms with E-state index < -0.39 is 0 Å². The van der Waals surface area contributed by atoms with Gasteiger partial charge in [-0.25, -0.2) is 0 Å². The molecule has 0 radical (unpaired) electrons. The van der Waals surface area contributed by atoms with Crippen LogP contribution in [0.1, 0.15) is 79.1 Å². The Morgan fingerprint density at radius 2 is 1.85 bits per heavy atom. The molecule has 2 unspecified atom stereocenters. The number of nitrogens with zero attached hydrogens (tertiary/aromatic N) is 1. The lowest BCUT2D eigenvalue weighted by Gasteiger charge is -2.52. The highest BCUT2D eigenvalue weighted by atomic mass is 15.3. The summed E-state index contributed by atoms with van der Waals surface area (Å²) in [5.41, 5.74) is 0.452. The third-order valence-corrected chi connectivity index (χ3v) is 5.49. The van der Waals surface area contributed by atoms with E-state index in [1.165, 1.54) is 64.5 Å². The van der Waals surface area contributed by atoms with Crippen LogP contribution in [0.3, 0.4) is 0 Å². The van der Waals surface area contributed by atoms with Crippen LogP contribution in [0.2, 0.25) is 0 Å². The van der Waals surface area contributed by atoms with Gasteiger partial charge in [0.05, 0.1) is 0 Å². The minimum absolute atomic E-state index is 0.452. The Balaban J connectivity index is 2.05. The Kier molecular flexibility index (Phi) is 5.92. The third kappa shape index (κ3) is 3.98. The van der Waals surface area contributed by atoms with Crippen LogP contribution in [0, 0.1) is 5.92 Å². The van der Waals surface area contributed by atoms with Crippen LogP contribution in [-0.4, -0.2) is 35.6 Å². The monoisotopic (exact) mass is 280 g/mol. The quantitative estimate of drug-likeness (QED) is 0.812. The normalized spacial score (nSPS) is 28.9. The van der Waals surface area contributed by atoms with Crippen LogP contribution in [0.25, 0.3) is 0 Å². The van der Waals surface area contributed by atoms with Crippen LogP contribution in [0.15, 0.2) is 0 Å². The fraction of sp³-hybridized carbons (Fsp3) is 1.00. The molecule has 1 heterocycles. The highest BCUT2D eigenvalue weighted by Gasteiger charge is 2.41. The Bertz CT molecular complexity index is 281. The maximum atomic E-state index is 3.98. The van der Waals surface area contributed by atoms with Gasteiger partial charge < -0.3 is 5.32 Å². The maximum Gasteiger partial charge on any atom is 0.0309 e. The molecule has 0 aromatic heterocycles. The highest BCUT2D eigenvalue weighted by molar-refractivity contribution is 5.00. The van der Waals surface area contributed by atoms with E-state index in [9.17, 15) is 0 Å². The number of hydrogen-bond acceptors (Lipinski definition) is 2. The molecule has 1 spiro atoms. The van der Waals surface area contributed by atoms with Gasteiger partial charge in [0.15, 0.2) is 0 Å². The fourth-order valence-electron chi connectivity index (χ4n) is 4.41. The van der Waals surface area contributed by atoms with E-state index in [0.717, 1.165) is 18.0 Å². The van der Waals surface area contributed by atoms with E-state index in [4.69, 9.17) is 0 Å². The van der Waals surface area contributed by atoms with Crippen molar-refractivity contribution < 1.29 is 0 Å². The summed E-state index contributed by atoms with van der Waals surface area (Å²) < 4.78 is 0. The summed E-state index contributed by atoms with van der Waals surface area (Å²) in [6.45, 7) is 12.0. The first kappa shape index (κ1) is 16.3. The lowest BCUT2D eigenvalue weighted by molar-refractivity contribution is 0.0185. The average molecular weight is 280 g/mol. The molecular formula is C18H36N2. The van der Waals surface area contributed by atoms with Crippen molar-refractivity contribution in [3.63, 3.8) is 0 Å². The van der Waals surface area contributed by atoms with Gasteiger partial charge in [0.1, 0.15) is 0 Å². The molecule has 2 nitrogen and oxygen atoms in total. The van der Waals surface area contributed by atoms with E-state index in [1.807, 2.05) is 0 Å². The zero-order valence-corrected chi connectivity index (χ0v) is 14.3. The molecule has 1 aliphatic heterocycles. The summed E-state index contributed by atoms with van der Waals surface area (Å²) in [7, 11) is 0. The molecule has 2 aliphatic rings. The number of hydrogen-bond donors (Lipinski definition) is 1. The van der Waals surface area contributed by atoms with Gasteiger partial charge in [-0.3, -0.25) is 4.90 Å². The van der Waals surface area contributed by atoms with Gasteiger partial charge in [0.2, 0.25) is 0 Å². The van der Waals surface area contributed by atoms with Gasteiger partial charge in [0, 0.05) is 30.7 Å². The van der Waals surface area contributed by atoms with Gasteiger partial charge in [-0.2, -0.15) is 0 Å². The van der Waals surface area contributed by atoms with Gasteiger partial charge >= 0.3 is 0 Å². The average Bonchev–Trinajstić information content (AvgIpc) is 2.42. The first-order chi connectivity index (χ1) is 9.56. The van der Waals surface area contributed by atoms with Gasteiger partial charge in [0.25, 0.3) is 0 Å². The van der Waals surface area contributed by atoms with Crippen molar-refractivity contribution >= 4 is 0 Å². The predicted octanol–water partition coefficient (Wildman–Crippen LogP) is 4.20. The molecule has 0 aromatic rings. The molecule has 0 aromatic carbocycles. The molecule has 1 aliphatic carbocycles.